The first-order valence-electron chi connectivity index (χ1n) is 9.53. The molecule has 0 saturated heterocycles. The van der Waals surface area contributed by atoms with E-state index in [-0.39, 0.29) is 9.77 Å². The van der Waals surface area contributed by atoms with E-state index in [1.807, 2.05) is 26.0 Å². The molecule has 0 aliphatic carbocycles. The van der Waals surface area contributed by atoms with E-state index in [9.17, 15) is 17.8 Å². The van der Waals surface area contributed by atoms with Gasteiger partial charge in [-0.15, -0.1) is 11.3 Å². The Balaban J connectivity index is 1.89. The van der Waals surface area contributed by atoms with Crippen LogP contribution < -0.4 is 5.56 Å². The third-order valence-corrected chi connectivity index (χ3v) is 7.34. The van der Waals surface area contributed by atoms with E-state index in [0.717, 1.165) is 46.5 Å². The highest BCUT2D eigenvalue weighted by molar-refractivity contribution is 7.88. The molecule has 6 nitrogen and oxygen atoms in total. The normalized spacial score (nSPS) is 11.8. The van der Waals surface area contributed by atoms with Gasteiger partial charge in [-0.2, -0.15) is 8.42 Å². The van der Waals surface area contributed by atoms with E-state index in [4.69, 9.17) is 0 Å². The van der Waals surface area contributed by atoms with Gasteiger partial charge in [0.05, 0.1) is 5.52 Å². The maximum atomic E-state index is 12.8. The number of benzene rings is 1. The monoisotopic (exact) mass is 440 g/mol. The van der Waals surface area contributed by atoms with Gasteiger partial charge < -0.3 is 0 Å². The lowest BCUT2D eigenvalue weighted by molar-refractivity contribution is 0.486. The molecule has 0 spiro atoms. The zero-order chi connectivity index (χ0) is 21.5. The molecule has 0 bridgehead atoms. The molecule has 30 heavy (non-hydrogen) atoms. The molecular formula is C22H20N2O4S2. The number of rotatable bonds is 5. The average molecular weight is 441 g/mol. The van der Waals surface area contributed by atoms with Gasteiger partial charge in [0.15, 0.2) is 4.21 Å². The SMILES string of the molecule is CCc1cc2c(ccc(=O)n2-c2ccc(-c3ccsc3S(=O)(=O)O)cc2)c(CC)n1. The fraction of sp³-hybridized carbons (Fsp3) is 0.182. The van der Waals surface area contributed by atoms with E-state index in [1.54, 1.807) is 40.3 Å². The lowest BCUT2D eigenvalue weighted by Crippen LogP contribution is -2.18. The van der Waals surface area contributed by atoms with E-state index >= 15 is 0 Å². The van der Waals surface area contributed by atoms with Crippen LogP contribution >= 0.6 is 11.3 Å². The number of nitrogens with zero attached hydrogens (tertiary/aromatic N) is 2. The zero-order valence-electron chi connectivity index (χ0n) is 16.5. The van der Waals surface area contributed by atoms with E-state index in [0.29, 0.717) is 16.8 Å². The summed E-state index contributed by atoms with van der Waals surface area (Å²) in [6, 6.07) is 14.0. The predicted molar refractivity (Wildman–Crippen MR) is 119 cm³/mol. The summed E-state index contributed by atoms with van der Waals surface area (Å²) < 4.78 is 34.2. The molecule has 0 aliphatic heterocycles. The van der Waals surface area contributed by atoms with Crippen molar-refractivity contribution < 1.29 is 13.0 Å². The molecule has 3 aromatic heterocycles. The molecule has 154 valence electrons. The van der Waals surface area contributed by atoms with Crippen LogP contribution in [0.1, 0.15) is 25.2 Å². The highest BCUT2D eigenvalue weighted by atomic mass is 32.3. The molecule has 1 N–H and O–H groups in total. The Morgan fingerprint density at radius 1 is 1.03 bits per heavy atom. The minimum absolute atomic E-state index is 0.0937. The molecule has 4 aromatic rings. The van der Waals surface area contributed by atoms with Crippen molar-refractivity contribution in [3.63, 3.8) is 0 Å². The Labute approximate surface area is 178 Å². The Morgan fingerprint density at radius 2 is 1.77 bits per heavy atom. The van der Waals surface area contributed by atoms with Crippen molar-refractivity contribution in [1.82, 2.24) is 9.55 Å². The number of aryl methyl sites for hydroxylation is 2. The Hall–Kier alpha value is -2.81. The van der Waals surface area contributed by atoms with Crippen LogP contribution in [-0.4, -0.2) is 22.5 Å². The van der Waals surface area contributed by atoms with Crippen LogP contribution in [0.25, 0.3) is 27.7 Å². The number of hydrogen-bond donors (Lipinski definition) is 1. The Morgan fingerprint density at radius 3 is 2.40 bits per heavy atom. The number of thiophene rings is 1. The summed E-state index contributed by atoms with van der Waals surface area (Å²) in [6.07, 6.45) is 1.53. The van der Waals surface area contributed by atoms with Crippen LogP contribution in [0.15, 0.2) is 62.9 Å². The summed E-state index contributed by atoms with van der Waals surface area (Å²) >= 11 is 0.964. The minimum Gasteiger partial charge on any atom is -0.281 e. The second-order valence-electron chi connectivity index (χ2n) is 6.85. The van der Waals surface area contributed by atoms with E-state index < -0.39 is 10.1 Å². The van der Waals surface area contributed by atoms with Gasteiger partial charge in [-0.05, 0) is 54.1 Å². The van der Waals surface area contributed by atoms with Gasteiger partial charge >= 0.3 is 10.1 Å². The third-order valence-electron chi connectivity index (χ3n) is 5.02. The van der Waals surface area contributed by atoms with Gasteiger partial charge in [0.1, 0.15) is 0 Å². The lowest BCUT2D eigenvalue weighted by atomic mass is 10.1. The average Bonchev–Trinajstić information content (AvgIpc) is 3.23. The molecule has 4 rings (SSSR count). The van der Waals surface area contributed by atoms with Gasteiger partial charge in [-0.1, -0.05) is 26.0 Å². The summed E-state index contributed by atoms with van der Waals surface area (Å²) in [5, 5.41) is 2.55. The number of aromatic nitrogens is 2. The molecule has 0 aliphatic rings. The smallest absolute Gasteiger partial charge is 0.281 e. The standard InChI is InChI=1S/C22H20N2O4S2/c1-3-15-13-20-18(19(4-2)23-15)9-10-21(25)24(20)16-7-5-14(6-8-16)17-11-12-29-22(17)30(26,27)28/h5-13H,3-4H2,1-2H3,(H,26,27,28). The maximum Gasteiger partial charge on any atom is 0.304 e. The molecule has 1 aromatic carbocycles. The van der Waals surface area contributed by atoms with E-state index in [2.05, 4.69) is 4.98 Å². The van der Waals surface area contributed by atoms with Crippen molar-refractivity contribution >= 4 is 32.4 Å². The van der Waals surface area contributed by atoms with E-state index in [1.165, 1.54) is 6.07 Å². The Kier molecular flexibility index (Phi) is 5.31. The molecule has 0 radical (unpaired) electrons. The van der Waals surface area contributed by atoms with Crippen molar-refractivity contribution in [2.24, 2.45) is 0 Å². The summed E-state index contributed by atoms with van der Waals surface area (Å²) in [7, 11) is -4.30. The van der Waals surface area contributed by atoms with Gasteiger partial charge in [-0.25, -0.2) is 0 Å². The highest BCUT2D eigenvalue weighted by Gasteiger charge is 2.18. The summed E-state index contributed by atoms with van der Waals surface area (Å²) in [6.45, 7) is 4.07. The van der Waals surface area contributed by atoms with Crippen molar-refractivity contribution in [3.05, 3.63) is 75.7 Å². The summed E-state index contributed by atoms with van der Waals surface area (Å²) in [5.74, 6) is 0. The number of pyridine rings is 2. The first kappa shape index (κ1) is 20.5. The van der Waals surface area contributed by atoms with Gasteiger partial charge in [0.2, 0.25) is 0 Å². The summed E-state index contributed by atoms with van der Waals surface area (Å²) in [4.78, 5) is 17.5. The lowest BCUT2D eigenvalue weighted by Gasteiger charge is -2.14. The van der Waals surface area contributed by atoms with Gasteiger partial charge in [0.25, 0.3) is 5.56 Å². The van der Waals surface area contributed by atoms with Crippen LogP contribution in [0.5, 0.6) is 0 Å². The number of hydrogen-bond acceptors (Lipinski definition) is 5. The van der Waals surface area contributed by atoms with Crippen LogP contribution in [0.2, 0.25) is 0 Å². The molecule has 0 amide bonds. The van der Waals surface area contributed by atoms with Crippen molar-refractivity contribution in [2.75, 3.05) is 0 Å². The third kappa shape index (κ3) is 3.58. The molecule has 0 fully saturated rings. The van der Waals surface area contributed by atoms with Crippen molar-refractivity contribution in [1.29, 1.82) is 0 Å². The maximum absolute atomic E-state index is 12.8. The second-order valence-corrected chi connectivity index (χ2v) is 9.38. The summed E-state index contributed by atoms with van der Waals surface area (Å²) in [5.41, 5.74) is 4.27. The largest absolute Gasteiger partial charge is 0.304 e. The first-order chi connectivity index (χ1) is 14.3. The van der Waals surface area contributed by atoms with Gasteiger partial charge in [0, 0.05) is 34.1 Å². The fourth-order valence-electron chi connectivity index (χ4n) is 3.58. The van der Waals surface area contributed by atoms with Crippen molar-refractivity contribution in [3.8, 4) is 16.8 Å². The van der Waals surface area contributed by atoms with Gasteiger partial charge in [-0.3, -0.25) is 18.9 Å². The van der Waals surface area contributed by atoms with Crippen LogP contribution in [0.3, 0.4) is 0 Å². The zero-order valence-corrected chi connectivity index (χ0v) is 18.1. The molecular weight excluding hydrogens is 420 g/mol. The van der Waals surface area contributed by atoms with Crippen LogP contribution in [-0.2, 0) is 23.0 Å². The second kappa shape index (κ2) is 7.79. The number of fused-ring (bicyclic) bond motifs is 1. The predicted octanol–water partition coefficient (Wildman–Crippen LogP) is 4.49. The molecule has 3 heterocycles. The van der Waals surface area contributed by atoms with Crippen molar-refractivity contribution in [2.45, 2.75) is 30.9 Å². The molecule has 8 heteroatoms. The van der Waals surface area contributed by atoms with Crippen LogP contribution in [0.4, 0.5) is 0 Å². The topological polar surface area (TPSA) is 89.3 Å². The highest BCUT2D eigenvalue weighted by Crippen LogP contribution is 2.32. The minimum atomic E-state index is -4.30. The quantitative estimate of drug-likeness (QED) is 0.462. The Bertz CT molecular complexity index is 1400. The molecule has 0 saturated carbocycles. The first-order valence-corrected chi connectivity index (χ1v) is 11.9. The molecule has 0 unspecified atom stereocenters. The molecule has 0 atom stereocenters. The van der Waals surface area contributed by atoms with Crippen LogP contribution in [0, 0.1) is 0 Å². The fourth-order valence-corrected chi connectivity index (χ4v) is 5.34.